The topological polar surface area (TPSA) is 89.6 Å². The first-order valence-electron chi connectivity index (χ1n) is 10.9. The van der Waals surface area contributed by atoms with Crippen LogP contribution in [-0.2, 0) is 16.1 Å². The van der Waals surface area contributed by atoms with Crippen molar-refractivity contribution in [3.63, 3.8) is 0 Å². The summed E-state index contributed by atoms with van der Waals surface area (Å²) in [6, 6.07) is 15.0. The van der Waals surface area contributed by atoms with E-state index in [-0.39, 0.29) is 5.91 Å². The molecule has 1 N–H and O–H groups in total. The number of nitrogens with zero attached hydrogens (tertiary/aromatic N) is 3. The quantitative estimate of drug-likeness (QED) is 0.445. The number of hydrogen-bond acceptors (Lipinski definition) is 7. The van der Waals surface area contributed by atoms with Gasteiger partial charge >= 0.3 is 5.76 Å². The highest BCUT2D eigenvalue weighted by molar-refractivity contribution is 7.14. The summed E-state index contributed by atoms with van der Waals surface area (Å²) in [7, 11) is 0. The number of aryl methyl sites for hydroxylation is 1. The number of anilines is 2. The Labute approximate surface area is 194 Å². The van der Waals surface area contributed by atoms with Crippen LogP contribution in [-0.4, -0.2) is 41.8 Å². The van der Waals surface area contributed by atoms with Crippen molar-refractivity contribution in [1.29, 1.82) is 0 Å². The number of aromatic nitrogens is 2. The zero-order valence-corrected chi connectivity index (χ0v) is 18.8. The van der Waals surface area contributed by atoms with Gasteiger partial charge in [-0.15, -0.1) is 11.3 Å². The van der Waals surface area contributed by atoms with E-state index in [0.29, 0.717) is 25.0 Å². The number of oxazole rings is 1. The number of fused-ring (bicyclic) bond motifs is 1. The lowest BCUT2D eigenvalue weighted by molar-refractivity contribution is -0.116. The highest BCUT2D eigenvalue weighted by atomic mass is 32.1. The maximum absolute atomic E-state index is 12.4. The predicted molar refractivity (Wildman–Crippen MR) is 129 cm³/mol. The molecule has 0 unspecified atom stereocenters. The molecule has 8 nitrogen and oxygen atoms in total. The molecule has 1 fully saturated rings. The first-order valence-corrected chi connectivity index (χ1v) is 11.8. The molecular weight excluding hydrogens is 440 g/mol. The van der Waals surface area contributed by atoms with Gasteiger partial charge in [-0.1, -0.05) is 24.3 Å². The Morgan fingerprint density at radius 1 is 1.09 bits per heavy atom. The SMILES string of the molecule is O=C(CCCn1c(=O)oc2ccccc21)Nc1ccc(-c2csc(N3CCOCC3)n2)cc1. The summed E-state index contributed by atoms with van der Waals surface area (Å²) in [4.78, 5) is 31.4. The van der Waals surface area contributed by atoms with E-state index in [1.54, 1.807) is 22.0 Å². The van der Waals surface area contributed by atoms with Crippen molar-refractivity contribution in [2.45, 2.75) is 19.4 Å². The molecule has 0 aliphatic carbocycles. The van der Waals surface area contributed by atoms with E-state index in [1.807, 2.05) is 42.5 Å². The lowest BCUT2D eigenvalue weighted by Crippen LogP contribution is -2.36. The standard InChI is InChI=1S/C24H24N4O4S/c29-22(6-3-11-28-20-4-1-2-5-21(20)32-24(28)30)25-18-9-7-17(8-10-18)19-16-33-23(26-19)27-12-14-31-15-13-27/h1-2,4-5,7-10,16H,3,6,11-15H2,(H,25,29). The number of hydrogen-bond donors (Lipinski definition) is 1. The van der Waals surface area contributed by atoms with E-state index in [2.05, 4.69) is 15.6 Å². The molecule has 1 aliphatic heterocycles. The maximum atomic E-state index is 12.4. The normalized spacial score (nSPS) is 14.0. The molecule has 2 aromatic carbocycles. The van der Waals surface area contributed by atoms with Crippen molar-refractivity contribution in [3.8, 4) is 11.3 Å². The van der Waals surface area contributed by atoms with Gasteiger partial charge in [-0.05, 0) is 30.7 Å². The minimum absolute atomic E-state index is 0.0909. The van der Waals surface area contributed by atoms with E-state index in [9.17, 15) is 9.59 Å². The molecule has 5 rings (SSSR count). The minimum Gasteiger partial charge on any atom is -0.408 e. The molecule has 0 radical (unpaired) electrons. The number of morpholine rings is 1. The number of amides is 1. The smallest absolute Gasteiger partial charge is 0.408 e. The van der Waals surface area contributed by atoms with Crippen molar-refractivity contribution < 1.29 is 13.9 Å². The van der Waals surface area contributed by atoms with E-state index in [1.165, 1.54) is 0 Å². The van der Waals surface area contributed by atoms with Crippen LogP contribution in [0.15, 0.2) is 63.1 Å². The number of ether oxygens (including phenoxy) is 1. The van der Waals surface area contributed by atoms with Gasteiger partial charge in [0.15, 0.2) is 10.7 Å². The molecule has 1 aliphatic rings. The summed E-state index contributed by atoms with van der Waals surface area (Å²) in [5.74, 6) is -0.488. The van der Waals surface area contributed by atoms with Gasteiger partial charge in [-0.3, -0.25) is 9.36 Å². The van der Waals surface area contributed by atoms with Gasteiger partial charge in [0.05, 0.1) is 24.4 Å². The summed E-state index contributed by atoms with van der Waals surface area (Å²) in [6.07, 6.45) is 0.846. The summed E-state index contributed by atoms with van der Waals surface area (Å²) in [5, 5.41) is 5.98. The van der Waals surface area contributed by atoms with E-state index in [0.717, 1.165) is 53.9 Å². The monoisotopic (exact) mass is 464 g/mol. The second-order valence-corrected chi connectivity index (χ2v) is 8.67. The van der Waals surface area contributed by atoms with Crippen LogP contribution in [0, 0.1) is 0 Å². The van der Waals surface area contributed by atoms with Crippen LogP contribution in [0.1, 0.15) is 12.8 Å². The van der Waals surface area contributed by atoms with Gasteiger partial charge in [-0.2, -0.15) is 0 Å². The van der Waals surface area contributed by atoms with Gasteiger partial charge in [-0.25, -0.2) is 9.78 Å². The molecule has 0 saturated carbocycles. The minimum atomic E-state index is -0.397. The third-order valence-electron chi connectivity index (χ3n) is 5.60. The zero-order valence-electron chi connectivity index (χ0n) is 18.0. The molecule has 9 heteroatoms. The molecule has 4 aromatic rings. The Morgan fingerprint density at radius 2 is 1.88 bits per heavy atom. The van der Waals surface area contributed by atoms with Crippen molar-refractivity contribution >= 4 is 39.2 Å². The molecule has 1 amide bonds. The summed E-state index contributed by atoms with van der Waals surface area (Å²) >= 11 is 1.63. The number of nitrogens with one attached hydrogen (secondary N) is 1. The van der Waals surface area contributed by atoms with E-state index < -0.39 is 5.76 Å². The predicted octanol–water partition coefficient (Wildman–Crippen LogP) is 3.97. The van der Waals surface area contributed by atoms with Crippen molar-refractivity contribution in [1.82, 2.24) is 9.55 Å². The zero-order chi connectivity index (χ0) is 22.6. The number of para-hydroxylation sites is 2. The third kappa shape index (κ3) is 4.84. The van der Waals surface area contributed by atoms with Crippen LogP contribution < -0.4 is 16.0 Å². The van der Waals surface area contributed by atoms with Crippen LogP contribution in [0.2, 0.25) is 0 Å². The highest BCUT2D eigenvalue weighted by Gasteiger charge is 2.15. The first-order chi connectivity index (χ1) is 16.2. The van der Waals surface area contributed by atoms with Crippen molar-refractivity contribution in [2.24, 2.45) is 0 Å². The molecule has 2 aromatic heterocycles. The van der Waals surface area contributed by atoms with Gasteiger partial charge in [0.25, 0.3) is 0 Å². The Hall–Kier alpha value is -3.43. The van der Waals surface area contributed by atoms with Gasteiger partial charge in [0.1, 0.15) is 0 Å². The number of benzene rings is 2. The van der Waals surface area contributed by atoms with Crippen LogP contribution in [0.3, 0.4) is 0 Å². The van der Waals surface area contributed by atoms with Crippen molar-refractivity contribution in [2.75, 3.05) is 36.5 Å². The number of rotatable bonds is 7. The highest BCUT2D eigenvalue weighted by Crippen LogP contribution is 2.28. The summed E-state index contributed by atoms with van der Waals surface area (Å²) < 4.78 is 12.2. The van der Waals surface area contributed by atoms with Crippen LogP contribution in [0.25, 0.3) is 22.4 Å². The molecular formula is C24H24N4O4S. The first kappa shape index (κ1) is 21.4. The summed E-state index contributed by atoms with van der Waals surface area (Å²) in [6.45, 7) is 3.63. The molecule has 0 atom stereocenters. The average Bonchev–Trinajstić information content (AvgIpc) is 3.45. The second-order valence-electron chi connectivity index (χ2n) is 7.83. The Kier molecular flexibility index (Phi) is 6.23. The van der Waals surface area contributed by atoms with Crippen molar-refractivity contribution in [3.05, 3.63) is 64.5 Å². The third-order valence-corrected chi connectivity index (χ3v) is 6.50. The lowest BCUT2D eigenvalue weighted by Gasteiger charge is -2.26. The fraction of sp³-hybridized carbons (Fsp3) is 0.292. The molecule has 0 bridgehead atoms. The van der Waals surface area contributed by atoms with Crippen LogP contribution >= 0.6 is 11.3 Å². The molecule has 33 heavy (non-hydrogen) atoms. The van der Waals surface area contributed by atoms with Crippen LogP contribution in [0.5, 0.6) is 0 Å². The average molecular weight is 465 g/mol. The Balaban J connectivity index is 1.15. The molecule has 3 heterocycles. The Bertz CT molecular complexity index is 1300. The molecule has 170 valence electrons. The Morgan fingerprint density at radius 3 is 2.70 bits per heavy atom. The lowest BCUT2D eigenvalue weighted by atomic mass is 10.1. The second kappa shape index (κ2) is 9.60. The number of carbonyl (C=O) groups excluding carboxylic acids is 1. The number of carbonyl (C=O) groups is 1. The fourth-order valence-corrected chi connectivity index (χ4v) is 4.76. The summed E-state index contributed by atoms with van der Waals surface area (Å²) in [5.41, 5.74) is 3.98. The van der Waals surface area contributed by atoms with E-state index in [4.69, 9.17) is 14.1 Å². The van der Waals surface area contributed by atoms with E-state index >= 15 is 0 Å². The molecule has 1 saturated heterocycles. The van der Waals surface area contributed by atoms with Gasteiger partial charge in [0, 0.05) is 42.7 Å². The fourth-order valence-electron chi connectivity index (χ4n) is 3.87. The number of thiazole rings is 1. The van der Waals surface area contributed by atoms with Gasteiger partial charge < -0.3 is 19.4 Å². The van der Waals surface area contributed by atoms with Crippen LogP contribution in [0.4, 0.5) is 10.8 Å². The maximum Gasteiger partial charge on any atom is 0.419 e. The molecule has 0 spiro atoms. The largest absolute Gasteiger partial charge is 0.419 e. The van der Waals surface area contributed by atoms with Gasteiger partial charge in [0.2, 0.25) is 5.91 Å².